The fourth-order valence-electron chi connectivity index (χ4n) is 6.13. The lowest BCUT2D eigenvalue weighted by atomic mass is 9.94. The number of rotatable bonds is 10. The third-order valence-corrected chi connectivity index (χ3v) is 8.38. The number of alkyl halides is 6. The molecule has 1 saturated heterocycles. The van der Waals surface area contributed by atoms with Crippen molar-refractivity contribution in [1.82, 2.24) is 14.8 Å². The largest absolute Gasteiger partial charge is 0.480 e. The van der Waals surface area contributed by atoms with E-state index < -0.39 is 71.1 Å². The van der Waals surface area contributed by atoms with E-state index in [4.69, 9.17) is 4.74 Å². The van der Waals surface area contributed by atoms with E-state index in [-0.39, 0.29) is 28.6 Å². The molecule has 0 radical (unpaired) electrons. The quantitative estimate of drug-likeness (QED) is 0.194. The number of halogens is 8. The predicted octanol–water partition coefficient (Wildman–Crippen LogP) is 5.93. The normalized spacial score (nSPS) is 13.9. The number of aryl methyl sites for hydroxylation is 1. The zero-order valence-corrected chi connectivity index (χ0v) is 28.7. The molecule has 3 aromatic carbocycles. The highest BCUT2D eigenvalue weighted by Gasteiger charge is 2.38. The minimum atomic E-state index is -4.86. The average Bonchev–Trinajstić information content (AvgIpc) is 3.06. The lowest BCUT2D eigenvalue weighted by molar-refractivity contribution is -0.139. The lowest BCUT2D eigenvalue weighted by Gasteiger charge is -2.29. The summed E-state index contributed by atoms with van der Waals surface area (Å²) in [6, 6.07) is 10.9. The van der Waals surface area contributed by atoms with Gasteiger partial charge in [-0.25, -0.2) is 13.6 Å². The summed E-state index contributed by atoms with van der Waals surface area (Å²) in [4.78, 5) is 41.9. The van der Waals surface area contributed by atoms with Crippen LogP contribution in [-0.4, -0.2) is 79.6 Å². The summed E-state index contributed by atoms with van der Waals surface area (Å²) in [5.74, 6) is -5.12. The SMILES string of the molecule is CN(C)Cc1ccc2c(c1)c(C(F)(F)F)c(Cc1cccc(CC(NC(=O)c3c(F)cc(N4CCOCC4)cc3F)C(=O)O)c1)c(=O)n2C.FC(F)F. The van der Waals surface area contributed by atoms with Gasteiger partial charge in [-0.1, -0.05) is 30.3 Å². The summed E-state index contributed by atoms with van der Waals surface area (Å²) in [5.41, 5.74) is -1.74. The van der Waals surface area contributed by atoms with E-state index in [1.165, 1.54) is 48.0 Å². The van der Waals surface area contributed by atoms with Gasteiger partial charge in [0.15, 0.2) is 0 Å². The summed E-state index contributed by atoms with van der Waals surface area (Å²) in [7, 11) is 4.97. The van der Waals surface area contributed by atoms with Crippen molar-refractivity contribution in [2.45, 2.75) is 38.3 Å². The molecule has 2 N–H and O–H groups in total. The molecule has 2 heterocycles. The molecule has 1 aliphatic heterocycles. The number of carboxylic acids is 1. The number of anilines is 1. The van der Waals surface area contributed by atoms with Crippen molar-refractivity contribution >= 4 is 28.5 Å². The average molecular weight is 757 g/mol. The van der Waals surface area contributed by atoms with Crippen LogP contribution in [0.25, 0.3) is 10.9 Å². The maximum atomic E-state index is 15.0. The zero-order chi connectivity index (χ0) is 39.2. The molecule has 1 fully saturated rings. The second-order valence-corrected chi connectivity index (χ2v) is 12.5. The molecule has 53 heavy (non-hydrogen) atoms. The maximum Gasteiger partial charge on any atom is 0.417 e. The topological polar surface area (TPSA) is 104 Å². The number of aliphatic carboxylic acids is 1. The maximum absolute atomic E-state index is 15.0. The second kappa shape index (κ2) is 17.2. The number of morpholine rings is 1. The number of carbonyl (C=O) groups is 2. The molecule has 0 aliphatic carbocycles. The van der Waals surface area contributed by atoms with Crippen LogP contribution >= 0.6 is 0 Å². The van der Waals surface area contributed by atoms with Crippen molar-refractivity contribution in [3.63, 3.8) is 0 Å². The van der Waals surface area contributed by atoms with Gasteiger partial charge in [-0.15, -0.1) is 0 Å². The van der Waals surface area contributed by atoms with Crippen LogP contribution in [0.5, 0.6) is 0 Å². The van der Waals surface area contributed by atoms with Crippen molar-refractivity contribution in [1.29, 1.82) is 0 Å². The number of hydrogen-bond acceptors (Lipinski definition) is 6. The molecule has 5 rings (SSSR count). The Morgan fingerprint density at radius 1 is 0.943 bits per heavy atom. The van der Waals surface area contributed by atoms with Crippen LogP contribution in [0.15, 0.2) is 59.4 Å². The van der Waals surface area contributed by atoms with E-state index in [1.807, 2.05) is 4.90 Å². The highest BCUT2D eigenvalue weighted by Crippen LogP contribution is 2.37. The van der Waals surface area contributed by atoms with Crippen molar-refractivity contribution in [2.75, 3.05) is 45.3 Å². The molecule has 4 aromatic rings. The fourth-order valence-corrected chi connectivity index (χ4v) is 6.13. The van der Waals surface area contributed by atoms with Crippen LogP contribution in [0.2, 0.25) is 0 Å². The first-order valence-electron chi connectivity index (χ1n) is 16.1. The van der Waals surface area contributed by atoms with Crippen LogP contribution in [0, 0.1) is 11.6 Å². The highest BCUT2D eigenvalue weighted by atomic mass is 19.4. The van der Waals surface area contributed by atoms with Crippen molar-refractivity contribution < 1.29 is 54.6 Å². The number of benzene rings is 3. The monoisotopic (exact) mass is 756 g/mol. The lowest BCUT2D eigenvalue weighted by Crippen LogP contribution is -2.43. The Kier molecular flexibility index (Phi) is 13.2. The fraction of sp³-hybridized carbons (Fsp3) is 0.361. The minimum absolute atomic E-state index is 0.119. The van der Waals surface area contributed by atoms with Crippen molar-refractivity contribution in [3.8, 4) is 0 Å². The number of hydrogen-bond donors (Lipinski definition) is 2. The van der Waals surface area contributed by atoms with Crippen LogP contribution in [0.3, 0.4) is 0 Å². The molecular weight excluding hydrogens is 720 g/mol. The molecule has 17 heteroatoms. The molecule has 9 nitrogen and oxygen atoms in total. The number of carboxylic acid groups (broad SMARTS) is 1. The summed E-state index contributed by atoms with van der Waals surface area (Å²) in [6.45, 7) is -1.75. The number of amides is 1. The van der Waals surface area contributed by atoms with Gasteiger partial charge < -0.3 is 29.5 Å². The number of fused-ring (bicyclic) bond motifs is 1. The summed E-state index contributed by atoms with van der Waals surface area (Å²) < 4.78 is 109. The summed E-state index contributed by atoms with van der Waals surface area (Å²) in [5, 5.41) is 11.9. The van der Waals surface area contributed by atoms with Gasteiger partial charge in [0.25, 0.3) is 11.5 Å². The van der Waals surface area contributed by atoms with Gasteiger partial charge >= 0.3 is 18.8 Å². The first-order valence-corrected chi connectivity index (χ1v) is 16.1. The zero-order valence-electron chi connectivity index (χ0n) is 28.7. The standard InChI is InChI=1S/C35H35F5N4O5.CHF3/c1-42(2)19-22-7-8-29-24(15-22)31(35(38,39)40)25(33(46)43(29)3)14-20-5-4-6-21(13-20)16-28(34(47)48)41-32(45)30-26(36)17-23(18-27(30)37)44-9-11-49-12-10-44;2-1(3)4/h4-8,13,15,17-18,28H,9-12,14,16,19H2,1-3H3,(H,41,45)(H,47,48);1H. The van der Waals surface area contributed by atoms with E-state index in [0.29, 0.717) is 44.0 Å². The number of nitrogens with one attached hydrogen (secondary N) is 1. The van der Waals surface area contributed by atoms with Crippen molar-refractivity contribution in [3.05, 3.63) is 110 Å². The number of pyridine rings is 1. The first kappa shape index (κ1) is 40.7. The summed E-state index contributed by atoms with van der Waals surface area (Å²) in [6.07, 6.45) is -5.64. The van der Waals surface area contributed by atoms with Crippen LogP contribution in [-0.2, 0) is 42.1 Å². The number of carbonyl (C=O) groups excluding carboxylic acids is 1. The third kappa shape index (κ3) is 10.3. The van der Waals surface area contributed by atoms with Gasteiger partial charge in [0.05, 0.1) is 24.3 Å². The third-order valence-electron chi connectivity index (χ3n) is 8.38. The van der Waals surface area contributed by atoms with E-state index in [2.05, 4.69) is 5.32 Å². The van der Waals surface area contributed by atoms with Gasteiger partial charge in [-0.2, -0.15) is 26.3 Å². The Morgan fingerprint density at radius 3 is 2.11 bits per heavy atom. The number of ether oxygens (including phenoxy) is 1. The van der Waals surface area contributed by atoms with E-state index in [0.717, 1.165) is 12.1 Å². The Balaban J connectivity index is 0.00000149. The molecule has 0 spiro atoms. The number of aromatic nitrogens is 1. The Bertz CT molecular complexity index is 1990. The number of nitrogens with zero attached hydrogens (tertiary/aromatic N) is 3. The molecule has 1 unspecified atom stereocenters. The molecule has 1 aliphatic rings. The van der Waals surface area contributed by atoms with Crippen LogP contribution in [0.4, 0.5) is 40.8 Å². The molecule has 0 saturated carbocycles. The van der Waals surface area contributed by atoms with Gasteiger partial charge in [-0.3, -0.25) is 9.59 Å². The summed E-state index contributed by atoms with van der Waals surface area (Å²) >= 11 is 0. The van der Waals surface area contributed by atoms with E-state index in [1.54, 1.807) is 25.1 Å². The Labute approximate surface area is 298 Å². The molecular formula is C36H36F8N4O5. The Morgan fingerprint density at radius 2 is 1.55 bits per heavy atom. The molecule has 1 atom stereocenters. The van der Waals surface area contributed by atoms with Crippen LogP contribution in [0.1, 0.15) is 38.2 Å². The first-order chi connectivity index (χ1) is 24.9. The van der Waals surface area contributed by atoms with Gasteiger partial charge in [0, 0.05) is 56.2 Å². The predicted molar refractivity (Wildman–Crippen MR) is 180 cm³/mol. The van der Waals surface area contributed by atoms with E-state index in [9.17, 15) is 54.6 Å². The molecule has 1 aromatic heterocycles. The van der Waals surface area contributed by atoms with Gasteiger partial charge in [0.1, 0.15) is 23.2 Å². The molecule has 0 bridgehead atoms. The van der Waals surface area contributed by atoms with Crippen LogP contribution < -0.4 is 15.8 Å². The smallest absolute Gasteiger partial charge is 0.417 e. The minimum Gasteiger partial charge on any atom is -0.480 e. The molecule has 286 valence electrons. The highest BCUT2D eigenvalue weighted by molar-refractivity contribution is 5.97. The van der Waals surface area contributed by atoms with Gasteiger partial charge in [0.2, 0.25) is 0 Å². The van der Waals surface area contributed by atoms with Crippen molar-refractivity contribution in [2.24, 2.45) is 7.05 Å². The molecule has 1 amide bonds. The second-order valence-electron chi connectivity index (χ2n) is 12.5. The Hall–Kier alpha value is -5.03. The van der Waals surface area contributed by atoms with Gasteiger partial charge in [-0.05, 0) is 55.1 Å². The van der Waals surface area contributed by atoms with E-state index >= 15 is 0 Å².